The highest BCUT2D eigenvalue weighted by molar-refractivity contribution is 9.10. The summed E-state index contributed by atoms with van der Waals surface area (Å²) in [4.78, 5) is 12.8. The van der Waals surface area contributed by atoms with E-state index in [1.165, 1.54) is 16.4 Å². The highest BCUT2D eigenvalue weighted by Gasteiger charge is 2.26. The van der Waals surface area contributed by atoms with Crippen LogP contribution in [0.3, 0.4) is 0 Å². The van der Waals surface area contributed by atoms with Gasteiger partial charge < -0.3 is 5.32 Å². The van der Waals surface area contributed by atoms with Gasteiger partial charge >= 0.3 is 0 Å². The van der Waals surface area contributed by atoms with Gasteiger partial charge in [-0.2, -0.15) is 4.31 Å². The molecule has 0 aromatic heterocycles. The van der Waals surface area contributed by atoms with Gasteiger partial charge in [0.2, 0.25) is 15.9 Å². The number of carbonyl (C=O) groups is 1. The molecule has 3 aromatic rings. The van der Waals surface area contributed by atoms with Crippen LogP contribution in [0, 0.1) is 6.92 Å². The smallest absolute Gasteiger partial charge is 0.243 e. The zero-order valence-electron chi connectivity index (χ0n) is 16.6. The summed E-state index contributed by atoms with van der Waals surface area (Å²) in [6, 6.07) is 23.4. The van der Waals surface area contributed by atoms with E-state index >= 15 is 0 Å². The third-order valence-electron chi connectivity index (χ3n) is 4.60. The number of rotatable bonds is 8. The molecule has 0 saturated carbocycles. The zero-order valence-corrected chi connectivity index (χ0v) is 19.0. The summed E-state index contributed by atoms with van der Waals surface area (Å²) >= 11 is 3.32. The Kier molecular flexibility index (Phi) is 7.42. The van der Waals surface area contributed by atoms with Gasteiger partial charge in [0.25, 0.3) is 0 Å². The average Bonchev–Trinajstić information content (AvgIpc) is 2.73. The summed E-state index contributed by atoms with van der Waals surface area (Å²) < 4.78 is 28.5. The average molecular weight is 487 g/mol. The van der Waals surface area contributed by atoms with E-state index < -0.39 is 10.0 Å². The van der Waals surface area contributed by atoms with Crippen LogP contribution in [0.1, 0.15) is 11.1 Å². The third kappa shape index (κ3) is 6.01. The van der Waals surface area contributed by atoms with E-state index in [1.807, 2.05) is 49.4 Å². The van der Waals surface area contributed by atoms with E-state index in [4.69, 9.17) is 0 Å². The van der Waals surface area contributed by atoms with Crippen LogP contribution in [0.2, 0.25) is 0 Å². The van der Waals surface area contributed by atoms with Gasteiger partial charge in [-0.1, -0.05) is 64.0 Å². The first-order chi connectivity index (χ1) is 14.3. The normalized spacial score (nSPS) is 11.4. The van der Waals surface area contributed by atoms with Crippen LogP contribution >= 0.6 is 15.9 Å². The number of carbonyl (C=O) groups excluding carboxylic acids is 1. The quantitative estimate of drug-likeness (QED) is 0.504. The van der Waals surface area contributed by atoms with Crippen LogP contribution in [-0.4, -0.2) is 31.7 Å². The predicted octanol–water partition coefficient (Wildman–Crippen LogP) is 4.63. The van der Waals surface area contributed by atoms with Crippen LogP contribution in [0.15, 0.2) is 88.2 Å². The number of hydrogen-bond donors (Lipinski definition) is 1. The van der Waals surface area contributed by atoms with Gasteiger partial charge in [-0.15, -0.1) is 0 Å². The molecule has 1 N–H and O–H groups in total. The number of hydrogen-bond acceptors (Lipinski definition) is 3. The molecule has 0 radical (unpaired) electrons. The summed E-state index contributed by atoms with van der Waals surface area (Å²) in [6.45, 7) is 1.89. The number of amides is 1. The van der Waals surface area contributed by atoms with Crippen molar-refractivity contribution in [3.05, 3.63) is 94.5 Å². The maximum absolute atomic E-state index is 13.2. The second kappa shape index (κ2) is 10.0. The van der Waals surface area contributed by atoms with Crippen molar-refractivity contribution >= 4 is 37.5 Å². The Hall–Kier alpha value is -2.48. The molecule has 3 aromatic carbocycles. The highest BCUT2D eigenvalue weighted by atomic mass is 79.9. The highest BCUT2D eigenvalue weighted by Crippen LogP contribution is 2.20. The summed E-state index contributed by atoms with van der Waals surface area (Å²) in [7, 11) is -3.83. The zero-order chi connectivity index (χ0) is 21.6. The van der Waals surface area contributed by atoms with Gasteiger partial charge in [-0.05, 0) is 55.3 Å². The Labute approximate surface area is 185 Å². The summed E-state index contributed by atoms with van der Waals surface area (Å²) in [5.74, 6) is -0.382. The largest absolute Gasteiger partial charge is 0.325 e. The molecule has 0 fully saturated rings. The lowest BCUT2D eigenvalue weighted by atomic mass is 10.1. The van der Waals surface area contributed by atoms with Gasteiger partial charge in [0.05, 0.1) is 11.4 Å². The van der Waals surface area contributed by atoms with Crippen LogP contribution < -0.4 is 5.32 Å². The van der Waals surface area contributed by atoms with E-state index in [0.717, 1.165) is 15.6 Å². The lowest BCUT2D eigenvalue weighted by Crippen LogP contribution is -2.39. The lowest BCUT2D eigenvalue weighted by molar-refractivity contribution is -0.116. The topological polar surface area (TPSA) is 66.5 Å². The molecule has 5 nitrogen and oxygen atoms in total. The fraction of sp³-hybridized carbons (Fsp3) is 0.174. The number of nitrogens with one attached hydrogen (secondary N) is 1. The van der Waals surface area contributed by atoms with Gasteiger partial charge in [-0.25, -0.2) is 8.42 Å². The molecule has 30 heavy (non-hydrogen) atoms. The van der Waals surface area contributed by atoms with Crippen LogP contribution in [0.5, 0.6) is 0 Å². The standard InChI is InChI=1S/C23H23BrN2O3S/c1-18-7-11-21(12-8-18)25-23(27)17-26(16-15-19-5-3-2-4-6-19)30(28,29)22-13-9-20(24)10-14-22/h2-14H,15-17H2,1H3,(H,25,27). The minimum atomic E-state index is -3.83. The van der Waals surface area contributed by atoms with Crippen LogP contribution in [0.25, 0.3) is 0 Å². The maximum atomic E-state index is 13.2. The first-order valence-electron chi connectivity index (χ1n) is 9.51. The number of benzene rings is 3. The minimum Gasteiger partial charge on any atom is -0.325 e. The molecule has 0 aliphatic heterocycles. The van der Waals surface area contributed by atoms with Crippen LogP contribution in [0.4, 0.5) is 5.69 Å². The Bertz CT molecular complexity index is 1080. The van der Waals surface area contributed by atoms with Crippen molar-refractivity contribution in [3.63, 3.8) is 0 Å². The molecule has 1 amide bonds. The molecular formula is C23H23BrN2O3S. The van der Waals surface area contributed by atoms with Gasteiger partial charge in [0, 0.05) is 16.7 Å². The Balaban J connectivity index is 1.79. The fourth-order valence-electron chi connectivity index (χ4n) is 2.94. The number of sulfonamides is 1. The summed E-state index contributed by atoms with van der Waals surface area (Å²) in [5, 5.41) is 2.78. The molecule has 0 saturated heterocycles. The van der Waals surface area contributed by atoms with E-state index in [0.29, 0.717) is 12.1 Å². The van der Waals surface area contributed by atoms with E-state index in [9.17, 15) is 13.2 Å². The van der Waals surface area contributed by atoms with E-state index in [2.05, 4.69) is 21.2 Å². The first-order valence-corrected chi connectivity index (χ1v) is 11.7. The van der Waals surface area contributed by atoms with Gasteiger partial charge in [-0.3, -0.25) is 4.79 Å². The van der Waals surface area contributed by atoms with E-state index in [-0.39, 0.29) is 23.9 Å². The number of nitrogens with zero attached hydrogens (tertiary/aromatic N) is 1. The van der Waals surface area contributed by atoms with E-state index in [1.54, 1.807) is 24.3 Å². The molecule has 0 bridgehead atoms. The molecule has 156 valence electrons. The van der Waals surface area contributed by atoms with Gasteiger partial charge in [0.1, 0.15) is 0 Å². The monoisotopic (exact) mass is 486 g/mol. The van der Waals surface area contributed by atoms with Crippen LogP contribution in [-0.2, 0) is 21.2 Å². The molecule has 0 heterocycles. The van der Waals surface area contributed by atoms with Crippen molar-refractivity contribution in [1.29, 1.82) is 0 Å². The molecule has 0 aliphatic carbocycles. The molecule has 0 spiro atoms. The Morgan fingerprint density at radius 2 is 1.57 bits per heavy atom. The second-order valence-electron chi connectivity index (χ2n) is 6.94. The molecular weight excluding hydrogens is 464 g/mol. The predicted molar refractivity (Wildman–Crippen MR) is 123 cm³/mol. The maximum Gasteiger partial charge on any atom is 0.243 e. The minimum absolute atomic E-state index is 0.155. The third-order valence-corrected chi connectivity index (χ3v) is 6.99. The molecule has 3 rings (SSSR count). The SMILES string of the molecule is Cc1ccc(NC(=O)CN(CCc2ccccc2)S(=O)(=O)c2ccc(Br)cc2)cc1. The fourth-order valence-corrected chi connectivity index (χ4v) is 4.60. The van der Waals surface area contributed by atoms with Crippen molar-refractivity contribution in [1.82, 2.24) is 4.31 Å². The number of aryl methyl sites for hydroxylation is 1. The summed E-state index contributed by atoms with van der Waals surface area (Å²) in [5.41, 5.74) is 2.72. The van der Waals surface area contributed by atoms with Crippen molar-refractivity contribution < 1.29 is 13.2 Å². The van der Waals surface area contributed by atoms with Crippen molar-refractivity contribution in [3.8, 4) is 0 Å². The molecule has 0 atom stereocenters. The number of halogens is 1. The molecule has 0 unspecified atom stereocenters. The number of anilines is 1. The second-order valence-corrected chi connectivity index (χ2v) is 9.80. The first kappa shape index (κ1) is 22.2. The molecule has 0 aliphatic rings. The molecule has 7 heteroatoms. The van der Waals surface area contributed by atoms with Crippen molar-refractivity contribution in [2.45, 2.75) is 18.2 Å². The Morgan fingerprint density at radius 3 is 2.20 bits per heavy atom. The van der Waals surface area contributed by atoms with Crippen molar-refractivity contribution in [2.75, 3.05) is 18.4 Å². The van der Waals surface area contributed by atoms with Gasteiger partial charge in [0.15, 0.2) is 0 Å². The Morgan fingerprint density at radius 1 is 0.933 bits per heavy atom. The lowest BCUT2D eigenvalue weighted by Gasteiger charge is -2.22. The van der Waals surface area contributed by atoms with Crippen molar-refractivity contribution in [2.24, 2.45) is 0 Å². The summed E-state index contributed by atoms with van der Waals surface area (Å²) in [6.07, 6.45) is 0.508.